The molecule has 1 aromatic carbocycles. The van der Waals surface area contributed by atoms with Crippen LogP contribution in [0.3, 0.4) is 0 Å². The van der Waals surface area contributed by atoms with Crippen molar-refractivity contribution in [1.82, 2.24) is 0 Å². The number of amides is 1. The molecule has 12 heteroatoms. The summed E-state index contributed by atoms with van der Waals surface area (Å²) in [6.07, 6.45) is -7.63. The minimum Gasteiger partial charge on any atom is -0.384 e. The van der Waals surface area contributed by atoms with Crippen molar-refractivity contribution >= 4 is 32.1 Å². The molecule has 5 N–H and O–H groups in total. The Bertz CT molecular complexity index is 935. The van der Waals surface area contributed by atoms with Crippen molar-refractivity contribution in [2.45, 2.75) is 34.5 Å². The first-order valence-electron chi connectivity index (χ1n) is 7.32. The molecule has 1 heterocycles. The van der Waals surface area contributed by atoms with E-state index in [1.165, 1.54) is 6.92 Å². The predicted octanol–water partition coefficient (Wildman–Crippen LogP) is 1.87. The van der Waals surface area contributed by atoms with Gasteiger partial charge in [-0.3, -0.25) is 4.79 Å². The molecule has 0 radical (unpaired) electrons. The van der Waals surface area contributed by atoms with Crippen molar-refractivity contribution in [3.63, 3.8) is 0 Å². The molecule has 0 saturated carbocycles. The molecule has 0 aliphatic rings. The Kier molecular flexibility index (Phi) is 5.97. The molecule has 0 aliphatic heterocycles. The normalized spacial score (nSPS) is 14.6. The van der Waals surface area contributed by atoms with Gasteiger partial charge in [-0.25, -0.2) is 8.42 Å². The summed E-state index contributed by atoms with van der Waals surface area (Å²) < 4.78 is 62.8. The number of aliphatic hydroxyl groups excluding tert-OH is 2. The lowest BCUT2D eigenvalue weighted by molar-refractivity contribution is -0.137. The van der Waals surface area contributed by atoms with Crippen molar-refractivity contribution in [3.8, 4) is 0 Å². The van der Waals surface area contributed by atoms with Crippen LogP contribution in [0.2, 0.25) is 0 Å². The number of alkyl halides is 3. The highest BCUT2D eigenvalue weighted by atomic mass is 32.2. The van der Waals surface area contributed by atoms with Gasteiger partial charge in [-0.1, -0.05) is 0 Å². The fraction of sp³-hybridized carbons (Fsp3) is 0.267. The Morgan fingerprint density at radius 1 is 1.22 bits per heavy atom. The van der Waals surface area contributed by atoms with Gasteiger partial charge in [-0.2, -0.15) is 13.2 Å². The van der Waals surface area contributed by atoms with Crippen LogP contribution in [-0.2, 0) is 20.8 Å². The SMILES string of the molecule is CC(O)C(=O)Nc1sc(S(=O)(=O)c2ccc(C(F)(F)F)cc2)cc1C(N)O. The van der Waals surface area contributed by atoms with Crippen molar-refractivity contribution in [3.05, 3.63) is 41.5 Å². The summed E-state index contributed by atoms with van der Waals surface area (Å²) in [5, 5.41) is 21.0. The summed E-state index contributed by atoms with van der Waals surface area (Å²) in [4.78, 5) is 11.2. The Labute approximate surface area is 156 Å². The molecular weight excluding hydrogens is 409 g/mol. The molecule has 27 heavy (non-hydrogen) atoms. The van der Waals surface area contributed by atoms with E-state index in [1.807, 2.05) is 0 Å². The minimum atomic E-state index is -4.61. The molecule has 148 valence electrons. The predicted molar refractivity (Wildman–Crippen MR) is 90.7 cm³/mol. The fourth-order valence-corrected chi connectivity index (χ4v) is 4.81. The summed E-state index contributed by atoms with van der Waals surface area (Å²) in [7, 11) is -4.22. The van der Waals surface area contributed by atoms with E-state index >= 15 is 0 Å². The number of halogens is 3. The topological polar surface area (TPSA) is 130 Å². The number of carbonyl (C=O) groups is 1. The van der Waals surface area contributed by atoms with Crippen LogP contribution in [0, 0.1) is 0 Å². The van der Waals surface area contributed by atoms with Gasteiger partial charge in [0.2, 0.25) is 9.84 Å². The van der Waals surface area contributed by atoms with Gasteiger partial charge >= 0.3 is 6.18 Å². The summed E-state index contributed by atoms with van der Waals surface area (Å²) in [5.74, 6) is -0.850. The van der Waals surface area contributed by atoms with E-state index < -0.39 is 44.7 Å². The van der Waals surface area contributed by atoms with Crippen LogP contribution in [0.15, 0.2) is 39.4 Å². The number of rotatable bonds is 5. The molecule has 2 atom stereocenters. The number of carbonyl (C=O) groups excluding carboxylic acids is 1. The zero-order chi connectivity index (χ0) is 20.6. The van der Waals surface area contributed by atoms with Crippen LogP contribution in [0.1, 0.15) is 24.3 Å². The second-order valence-corrected chi connectivity index (χ2v) is 8.71. The van der Waals surface area contributed by atoms with E-state index in [2.05, 4.69) is 5.32 Å². The zero-order valence-electron chi connectivity index (χ0n) is 13.7. The molecule has 2 rings (SSSR count). The molecule has 7 nitrogen and oxygen atoms in total. The largest absolute Gasteiger partial charge is 0.416 e. The van der Waals surface area contributed by atoms with Gasteiger partial charge in [0, 0.05) is 5.56 Å². The number of hydrogen-bond donors (Lipinski definition) is 4. The number of sulfone groups is 1. The third-order valence-corrected chi connectivity index (χ3v) is 6.74. The number of hydrogen-bond acceptors (Lipinski definition) is 7. The van der Waals surface area contributed by atoms with Gasteiger partial charge in [0.15, 0.2) is 0 Å². The molecule has 1 amide bonds. The Balaban J connectivity index is 2.45. The van der Waals surface area contributed by atoms with E-state index in [4.69, 9.17) is 5.73 Å². The zero-order valence-corrected chi connectivity index (χ0v) is 15.3. The van der Waals surface area contributed by atoms with Gasteiger partial charge in [-0.15, -0.1) is 11.3 Å². The average molecular weight is 424 g/mol. The number of nitrogens with one attached hydrogen (secondary N) is 1. The monoisotopic (exact) mass is 424 g/mol. The molecule has 0 fully saturated rings. The van der Waals surface area contributed by atoms with Crippen LogP contribution in [0.4, 0.5) is 18.2 Å². The van der Waals surface area contributed by atoms with Gasteiger partial charge in [0.05, 0.1) is 10.5 Å². The number of aliphatic hydroxyl groups is 2. The lowest BCUT2D eigenvalue weighted by atomic mass is 10.2. The van der Waals surface area contributed by atoms with Crippen LogP contribution in [0.5, 0.6) is 0 Å². The van der Waals surface area contributed by atoms with Gasteiger partial charge in [0.25, 0.3) is 5.91 Å². The quantitative estimate of drug-likeness (QED) is 0.542. The highest BCUT2D eigenvalue weighted by Crippen LogP contribution is 2.37. The average Bonchev–Trinajstić information content (AvgIpc) is 2.99. The fourth-order valence-electron chi connectivity index (χ4n) is 1.99. The van der Waals surface area contributed by atoms with E-state index in [0.29, 0.717) is 23.5 Å². The molecule has 0 saturated heterocycles. The van der Waals surface area contributed by atoms with Crippen molar-refractivity contribution < 1.29 is 36.6 Å². The lowest BCUT2D eigenvalue weighted by Gasteiger charge is -2.09. The Morgan fingerprint density at radius 3 is 2.22 bits per heavy atom. The van der Waals surface area contributed by atoms with Crippen LogP contribution >= 0.6 is 11.3 Å². The maximum Gasteiger partial charge on any atom is 0.416 e. The number of nitrogens with two attached hydrogens (primary N) is 1. The van der Waals surface area contributed by atoms with Gasteiger partial charge in [0.1, 0.15) is 21.5 Å². The number of thiophene rings is 1. The maximum absolute atomic E-state index is 12.6. The molecule has 2 aromatic rings. The first-order valence-corrected chi connectivity index (χ1v) is 9.62. The first kappa shape index (κ1) is 21.3. The molecule has 1 aromatic heterocycles. The minimum absolute atomic E-state index is 0.0959. The smallest absolute Gasteiger partial charge is 0.384 e. The summed E-state index contributed by atoms with van der Waals surface area (Å²) in [5.41, 5.74) is 4.24. The van der Waals surface area contributed by atoms with Gasteiger partial charge < -0.3 is 21.3 Å². The number of benzene rings is 1. The number of anilines is 1. The molecule has 0 bridgehead atoms. The van der Waals surface area contributed by atoms with E-state index in [-0.39, 0.29) is 14.8 Å². The van der Waals surface area contributed by atoms with Gasteiger partial charge in [-0.05, 0) is 37.3 Å². The van der Waals surface area contributed by atoms with Crippen LogP contribution in [0.25, 0.3) is 0 Å². The van der Waals surface area contributed by atoms with Crippen molar-refractivity contribution in [1.29, 1.82) is 0 Å². The molecule has 0 spiro atoms. The molecule has 0 aliphatic carbocycles. The molecular formula is C15H15F3N2O5S2. The highest BCUT2D eigenvalue weighted by molar-refractivity contribution is 7.93. The highest BCUT2D eigenvalue weighted by Gasteiger charge is 2.31. The molecule has 2 unspecified atom stereocenters. The van der Waals surface area contributed by atoms with Crippen molar-refractivity contribution in [2.75, 3.05) is 5.32 Å². The van der Waals surface area contributed by atoms with Crippen LogP contribution < -0.4 is 11.1 Å². The third-order valence-electron chi connectivity index (χ3n) is 3.43. The summed E-state index contributed by atoms with van der Waals surface area (Å²) in [6.45, 7) is 1.18. The second kappa shape index (κ2) is 7.56. The first-order chi connectivity index (χ1) is 12.3. The van der Waals surface area contributed by atoms with E-state index in [1.54, 1.807) is 0 Å². The van der Waals surface area contributed by atoms with Crippen LogP contribution in [-0.4, -0.2) is 30.6 Å². The second-order valence-electron chi connectivity index (χ2n) is 5.49. The summed E-state index contributed by atoms with van der Waals surface area (Å²) in [6, 6.07) is 3.90. The van der Waals surface area contributed by atoms with E-state index in [0.717, 1.165) is 18.2 Å². The van der Waals surface area contributed by atoms with E-state index in [9.17, 15) is 36.6 Å². The Morgan fingerprint density at radius 2 is 1.78 bits per heavy atom. The maximum atomic E-state index is 12.6. The summed E-state index contributed by atoms with van der Waals surface area (Å²) >= 11 is 0.552. The Hall–Kier alpha value is -1.99. The standard InChI is InChI=1S/C15H15F3N2O5S2/c1-7(21)13(23)20-14-10(12(19)22)6-11(26-14)27(24,25)9-4-2-8(3-5-9)15(16,17)18/h2-7,12,21-22H,19H2,1H3,(H,20,23). The third kappa shape index (κ3) is 4.65. The van der Waals surface area contributed by atoms with Crippen molar-refractivity contribution in [2.24, 2.45) is 5.73 Å². The lowest BCUT2D eigenvalue weighted by Crippen LogP contribution is -2.25.